The first-order valence-corrected chi connectivity index (χ1v) is 0. The smallest absolute Gasteiger partial charge is 1.00 e. The number of rotatable bonds is 0. The van der Waals surface area contributed by atoms with E-state index in [2.05, 4.69) is 0 Å². The van der Waals surface area contributed by atoms with Crippen molar-refractivity contribution in [2.24, 2.45) is 0 Å². The van der Waals surface area contributed by atoms with E-state index in [0.29, 0.717) is 0 Å². The van der Waals surface area contributed by atoms with Crippen molar-refractivity contribution in [1.29, 1.82) is 0 Å². The molecule has 0 bridgehead atoms. The molecule has 6 heavy (non-hydrogen) atoms. The maximum atomic E-state index is 0. The van der Waals surface area contributed by atoms with Crippen LogP contribution in [0.1, 0.15) is 0 Å². The van der Waals surface area contributed by atoms with Crippen molar-refractivity contribution in [2.45, 2.75) is 0 Å². The van der Waals surface area contributed by atoms with Gasteiger partial charge in [-0.3, -0.25) is 0 Å². The maximum absolute atomic E-state index is 0. The molecule has 0 amide bonds. The molecule has 49 valence electrons. The molecule has 0 aliphatic heterocycles. The molecule has 0 nitrogen and oxygen atoms in total. The molecule has 0 aliphatic carbocycles. The van der Waals surface area contributed by atoms with Gasteiger partial charge in [0.2, 0.25) is 0 Å². The second-order valence-corrected chi connectivity index (χ2v) is 0. The van der Waals surface area contributed by atoms with Gasteiger partial charge in [-0.2, -0.15) is 0 Å². The molecule has 0 saturated heterocycles. The van der Waals surface area contributed by atoms with Crippen LogP contribution in [-0.2, 0) is 37.5 Å². The molecule has 0 rings (SSSR count). The molecular formula is Cl4CuPd. The molecule has 1 radical (unpaired) electrons. The average Bonchev–Trinajstić information content (AvgIpc) is 0. The van der Waals surface area contributed by atoms with E-state index in [1.54, 1.807) is 0 Å². The molecule has 0 aromatic rings. The zero-order valence-corrected chi connectivity index (χ0v) is 7.65. The summed E-state index contributed by atoms with van der Waals surface area (Å²) in [5.74, 6) is 0. The standard InChI is InChI=1S/4ClH.Cu.Pd/h4*1H;;/q;;;;2*+2/p-4. The van der Waals surface area contributed by atoms with E-state index in [0.717, 1.165) is 0 Å². The molecule has 0 fully saturated rings. The summed E-state index contributed by atoms with van der Waals surface area (Å²) >= 11 is 0. The molecule has 0 aliphatic rings. The second-order valence-electron chi connectivity index (χ2n) is 0. The SMILES string of the molecule is [Cl-].[Cl-].[Cl-].[Cl-].[Cu+2].[Pd+2]. The zero-order valence-electron chi connectivity index (χ0n) is 2.13. The molecule has 0 heterocycles. The Balaban J connectivity index is 0. The Morgan fingerprint density at radius 1 is 0.500 bits per heavy atom. The Morgan fingerprint density at radius 3 is 0.500 bits per heavy atom. The van der Waals surface area contributed by atoms with Crippen LogP contribution in [0.15, 0.2) is 0 Å². The molecular weight excluding hydrogens is 312 g/mol. The van der Waals surface area contributed by atoms with E-state index in [9.17, 15) is 0 Å². The van der Waals surface area contributed by atoms with Gasteiger partial charge in [-0.25, -0.2) is 0 Å². The normalized spacial score (nSPS) is 0. The predicted octanol–water partition coefficient (Wildman–Crippen LogP) is -12.0. The zero-order chi connectivity index (χ0) is 0. The van der Waals surface area contributed by atoms with Crippen LogP contribution in [0.2, 0.25) is 0 Å². The van der Waals surface area contributed by atoms with Gasteiger partial charge in [0.1, 0.15) is 0 Å². The summed E-state index contributed by atoms with van der Waals surface area (Å²) < 4.78 is 0. The second kappa shape index (κ2) is 53.8. The van der Waals surface area contributed by atoms with Crippen LogP contribution in [0.5, 0.6) is 0 Å². The van der Waals surface area contributed by atoms with Gasteiger partial charge in [0.15, 0.2) is 0 Å². The van der Waals surface area contributed by atoms with Crippen molar-refractivity contribution in [1.82, 2.24) is 0 Å². The van der Waals surface area contributed by atoms with Crippen LogP contribution in [-0.4, -0.2) is 0 Å². The number of hydrogen-bond donors (Lipinski definition) is 0. The van der Waals surface area contributed by atoms with E-state index in [1.807, 2.05) is 0 Å². The quantitative estimate of drug-likeness (QED) is 0.390. The molecule has 0 saturated carbocycles. The van der Waals surface area contributed by atoms with E-state index in [1.165, 1.54) is 0 Å². The van der Waals surface area contributed by atoms with Gasteiger partial charge in [0.05, 0.1) is 0 Å². The van der Waals surface area contributed by atoms with Crippen LogP contribution in [0.3, 0.4) is 0 Å². The van der Waals surface area contributed by atoms with Gasteiger partial charge >= 0.3 is 37.5 Å². The van der Waals surface area contributed by atoms with Crippen LogP contribution < -0.4 is 49.6 Å². The third kappa shape index (κ3) is 33.0. The summed E-state index contributed by atoms with van der Waals surface area (Å²) in [4.78, 5) is 0. The molecule has 0 spiro atoms. The summed E-state index contributed by atoms with van der Waals surface area (Å²) in [7, 11) is 0. The van der Waals surface area contributed by atoms with Crippen molar-refractivity contribution >= 4 is 0 Å². The van der Waals surface area contributed by atoms with Gasteiger partial charge in [-0.05, 0) is 0 Å². The third-order valence-corrected chi connectivity index (χ3v) is 0. The number of halogens is 4. The summed E-state index contributed by atoms with van der Waals surface area (Å²) in [6, 6.07) is 0. The molecule has 6 heteroatoms. The maximum Gasteiger partial charge on any atom is 2.00 e. The van der Waals surface area contributed by atoms with Crippen molar-refractivity contribution in [3.05, 3.63) is 0 Å². The van der Waals surface area contributed by atoms with E-state index >= 15 is 0 Å². The van der Waals surface area contributed by atoms with Crippen LogP contribution in [0.4, 0.5) is 0 Å². The fraction of sp³-hybridized carbons (Fsp3) is 0. The fourth-order valence-corrected chi connectivity index (χ4v) is 0. The molecule has 0 unspecified atom stereocenters. The Labute approximate surface area is 86.4 Å². The first kappa shape index (κ1) is 82.0. The largest absolute Gasteiger partial charge is 2.00 e. The van der Waals surface area contributed by atoms with Crippen molar-refractivity contribution in [3.8, 4) is 0 Å². The third-order valence-electron chi connectivity index (χ3n) is 0. The summed E-state index contributed by atoms with van der Waals surface area (Å²) in [5, 5.41) is 0. The Kier molecular flexibility index (Phi) is 736. The minimum Gasteiger partial charge on any atom is -1.00 e. The van der Waals surface area contributed by atoms with Gasteiger partial charge in [0, 0.05) is 0 Å². The van der Waals surface area contributed by atoms with Crippen LogP contribution in [0, 0.1) is 0 Å². The van der Waals surface area contributed by atoms with Crippen LogP contribution in [0.25, 0.3) is 0 Å². The van der Waals surface area contributed by atoms with Crippen molar-refractivity contribution < 1.29 is 87.1 Å². The average molecular weight is 312 g/mol. The van der Waals surface area contributed by atoms with E-state index in [4.69, 9.17) is 0 Å². The van der Waals surface area contributed by atoms with Crippen molar-refractivity contribution in [2.75, 3.05) is 0 Å². The summed E-state index contributed by atoms with van der Waals surface area (Å²) in [5.41, 5.74) is 0. The predicted molar refractivity (Wildman–Crippen MR) is 0 cm³/mol. The summed E-state index contributed by atoms with van der Waals surface area (Å²) in [6.45, 7) is 0. The van der Waals surface area contributed by atoms with E-state index < -0.39 is 0 Å². The van der Waals surface area contributed by atoms with Gasteiger partial charge in [-0.15, -0.1) is 0 Å². The fourth-order valence-electron chi connectivity index (χ4n) is 0. The Bertz CT molecular complexity index is 7.51. The molecule has 0 aromatic heterocycles. The van der Waals surface area contributed by atoms with Gasteiger partial charge < -0.3 is 49.6 Å². The monoisotopic (exact) mass is 309 g/mol. The molecule has 0 N–H and O–H groups in total. The first-order valence-electron chi connectivity index (χ1n) is 0. The molecule has 0 atom stereocenters. The van der Waals surface area contributed by atoms with Gasteiger partial charge in [-0.1, -0.05) is 0 Å². The number of hydrogen-bond acceptors (Lipinski definition) is 0. The minimum atomic E-state index is 0. The molecule has 0 aromatic carbocycles. The summed E-state index contributed by atoms with van der Waals surface area (Å²) in [6.07, 6.45) is 0. The minimum absolute atomic E-state index is 0. The topological polar surface area (TPSA) is 0 Å². The van der Waals surface area contributed by atoms with E-state index in [-0.39, 0.29) is 87.1 Å². The first-order chi connectivity index (χ1) is 0. The Hall–Kier alpha value is 2.34. The van der Waals surface area contributed by atoms with Crippen molar-refractivity contribution in [3.63, 3.8) is 0 Å². The Morgan fingerprint density at radius 2 is 0.500 bits per heavy atom. The van der Waals surface area contributed by atoms with Gasteiger partial charge in [0.25, 0.3) is 0 Å². The van der Waals surface area contributed by atoms with Crippen LogP contribution >= 0.6 is 0 Å².